The highest BCUT2D eigenvalue weighted by molar-refractivity contribution is 7.97. The third kappa shape index (κ3) is 6.19. The van der Waals surface area contributed by atoms with Crippen molar-refractivity contribution in [3.8, 4) is 16.9 Å². The van der Waals surface area contributed by atoms with Crippen LogP contribution in [0, 0.1) is 12.8 Å². The summed E-state index contributed by atoms with van der Waals surface area (Å²) in [6, 6.07) is 19.3. The summed E-state index contributed by atoms with van der Waals surface area (Å²) in [6.45, 7) is 9.06. The summed E-state index contributed by atoms with van der Waals surface area (Å²) in [4.78, 5) is 7.53. The quantitative estimate of drug-likeness (QED) is 0.468. The van der Waals surface area contributed by atoms with Crippen molar-refractivity contribution in [3.05, 3.63) is 78.1 Å². The van der Waals surface area contributed by atoms with Gasteiger partial charge in [-0.25, -0.2) is 4.31 Å². The highest BCUT2D eigenvalue weighted by Crippen LogP contribution is 2.40. The predicted octanol–water partition coefficient (Wildman–Crippen LogP) is 5.28. The Bertz CT molecular complexity index is 1060. The molecular formula is C28H35N3O2S. The highest BCUT2D eigenvalue weighted by Gasteiger charge is 2.30. The molecule has 5 nitrogen and oxygen atoms in total. The van der Waals surface area contributed by atoms with Crippen LogP contribution in [-0.4, -0.2) is 58.2 Å². The number of likely N-dealkylation sites (N-methyl/N-ethyl adjacent to an activating group) is 1. The fraction of sp³-hybridized carbons (Fsp3) is 0.393. The number of aryl methyl sites for hydroxylation is 1. The number of aliphatic hydroxyl groups is 1. The Morgan fingerprint density at radius 3 is 2.53 bits per heavy atom. The van der Waals surface area contributed by atoms with Crippen LogP contribution in [-0.2, 0) is 6.54 Å². The lowest BCUT2D eigenvalue weighted by Crippen LogP contribution is -2.44. The molecule has 1 aliphatic rings. The minimum atomic E-state index is 0.0214. The number of ether oxygens (including phenoxy) is 1. The highest BCUT2D eigenvalue weighted by atomic mass is 32.2. The van der Waals surface area contributed by atoms with Crippen molar-refractivity contribution in [2.24, 2.45) is 5.92 Å². The maximum absolute atomic E-state index is 9.87. The van der Waals surface area contributed by atoms with Crippen LogP contribution in [0.3, 0.4) is 0 Å². The van der Waals surface area contributed by atoms with Gasteiger partial charge in [-0.1, -0.05) is 42.8 Å². The van der Waals surface area contributed by atoms with Gasteiger partial charge in [0, 0.05) is 44.0 Å². The molecule has 2 aromatic carbocycles. The second-order valence-electron chi connectivity index (χ2n) is 9.44. The van der Waals surface area contributed by atoms with Gasteiger partial charge >= 0.3 is 0 Å². The van der Waals surface area contributed by atoms with Crippen molar-refractivity contribution in [3.63, 3.8) is 0 Å². The monoisotopic (exact) mass is 477 g/mol. The lowest BCUT2D eigenvalue weighted by Gasteiger charge is -2.37. The van der Waals surface area contributed by atoms with E-state index >= 15 is 0 Å². The Balaban J connectivity index is 1.62. The van der Waals surface area contributed by atoms with E-state index in [1.807, 2.05) is 12.4 Å². The summed E-state index contributed by atoms with van der Waals surface area (Å²) in [5.41, 5.74) is 4.83. The molecule has 1 aliphatic heterocycles. The third-order valence-electron chi connectivity index (χ3n) is 6.37. The molecule has 0 amide bonds. The number of nitrogens with zero attached hydrogens (tertiary/aromatic N) is 3. The van der Waals surface area contributed by atoms with Crippen LogP contribution in [0.1, 0.15) is 25.0 Å². The van der Waals surface area contributed by atoms with Crippen LogP contribution in [0.25, 0.3) is 11.1 Å². The number of pyridine rings is 1. The zero-order valence-corrected chi connectivity index (χ0v) is 21.3. The van der Waals surface area contributed by atoms with E-state index in [0.717, 1.165) is 35.8 Å². The van der Waals surface area contributed by atoms with Gasteiger partial charge in [-0.15, -0.1) is 0 Å². The van der Waals surface area contributed by atoms with E-state index in [-0.39, 0.29) is 24.7 Å². The molecule has 180 valence electrons. The lowest BCUT2D eigenvalue weighted by molar-refractivity contribution is 0.0769. The van der Waals surface area contributed by atoms with Crippen LogP contribution in [0.5, 0.6) is 5.75 Å². The minimum absolute atomic E-state index is 0.0214. The van der Waals surface area contributed by atoms with Gasteiger partial charge < -0.3 is 9.84 Å². The fourth-order valence-corrected chi connectivity index (χ4v) is 5.33. The average Bonchev–Trinajstić information content (AvgIpc) is 2.83. The van der Waals surface area contributed by atoms with Crippen molar-refractivity contribution in [2.45, 2.75) is 44.4 Å². The Kier molecular flexibility index (Phi) is 8.27. The topological polar surface area (TPSA) is 48.8 Å². The van der Waals surface area contributed by atoms with E-state index in [1.54, 1.807) is 11.9 Å². The van der Waals surface area contributed by atoms with Gasteiger partial charge in [0.15, 0.2) is 0 Å². The normalized spacial score (nSPS) is 19.7. The molecule has 0 saturated carbocycles. The summed E-state index contributed by atoms with van der Waals surface area (Å²) < 4.78 is 9.04. The number of fused-ring (bicyclic) bond motifs is 1. The molecule has 1 aromatic heterocycles. The number of hydrogen-bond donors (Lipinski definition) is 1. The minimum Gasteiger partial charge on any atom is -0.488 e. The number of aliphatic hydroxyl groups excluding tert-OH is 1. The largest absolute Gasteiger partial charge is 0.488 e. The number of benzene rings is 2. The van der Waals surface area contributed by atoms with E-state index in [2.05, 4.69) is 96.6 Å². The molecule has 6 heteroatoms. The first-order valence-electron chi connectivity index (χ1n) is 11.9. The molecule has 0 aliphatic carbocycles. The summed E-state index contributed by atoms with van der Waals surface area (Å²) >= 11 is 1.69. The molecule has 3 atom stereocenters. The third-order valence-corrected chi connectivity index (χ3v) is 7.65. The molecule has 0 saturated heterocycles. The fourth-order valence-electron chi connectivity index (χ4n) is 4.20. The molecule has 1 unspecified atom stereocenters. The molecule has 34 heavy (non-hydrogen) atoms. The molecule has 0 bridgehead atoms. The molecule has 0 radical (unpaired) electrons. The molecule has 3 aromatic rings. The second-order valence-corrected chi connectivity index (χ2v) is 10.5. The van der Waals surface area contributed by atoms with E-state index in [1.165, 1.54) is 16.7 Å². The van der Waals surface area contributed by atoms with Gasteiger partial charge in [-0.3, -0.25) is 9.88 Å². The van der Waals surface area contributed by atoms with Gasteiger partial charge in [0.1, 0.15) is 11.9 Å². The van der Waals surface area contributed by atoms with Gasteiger partial charge in [-0.2, -0.15) is 0 Å². The number of hydrogen-bond acceptors (Lipinski definition) is 6. The van der Waals surface area contributed by atoms with Crippen molar-refractivity contribution in [2.75, 3.05) is 26.7 Å². The first kappa shape index (κ1) is 24.7. The van der Waals surface area contributed by atoms with E-state index in [0.29, 0.717) is 0 Å². The van der Waals surface area contributed by atoms with Crippen LogP contribution in [0.15, 0.2) is 71.9 Å². The van der Waals surface area contributed by atoms with Gasteiger partial charge in [-0.05, 0) is 73.8 Å². The molecular weight excluding hydrogens is 442 g/mol. The summed E-state index contributed by atoms with van der Waals surface area (Å²) in [6.07, 6.45) is 3.70. The van der Waals surface area contributed by atoms with E-state index in [4.69, 9.17) is 4.74 Å². The van der Waals surface area contributed by atoms with Crippen LogP contribution in [0.2, 0.25) is 0 Å². The van der Waals surface area contributed by atoms with E-state index in [9.17, 15) is 5.11 Å². The summed E-state index contributed by atoms with van der Waals surface area (Å²) in [5, 5.41) is 9.87. The average molecular weight is 478 g/mol. The summed E-state index contributed by atoms with van der Waals surface area (Å²) in [5.74, 6) is 1.20. The first-order chi connectivity index (χ1) is 16.4. The molecule has 1 N–H and O–H groups in total. The zero-order chi connectivity index (χ0) is 24.1. The summed E-state index contributed by atoms with van der Waals surface area (Å²) in [7, 11) is 2.14. The van der Waals surface area contributed by atoms with Crippen molar-refractivity contribution in [1.29, 1.82) is 0 Å². The number of rotatable bonds is 7. The first-order valence-corrected chi connectivity index (χ1v) is 12.7. The standard InChI is InChI=1S/C28H35N3O2S/c1-20-5-7-24(8-6-20)25-9-10-28-26(15-25)33-27(21(2)16-31(34-28)22(3)19-32)18-30(4)17-23-11-13-29-14-12-23/h5-15,21-22,27,32H,16-19H2,1-4H3/t21-,22?,27-/m1/s1. The predicted molar refractivity (Wildman–Crippen MR) is 140 cm³/mol. The Labute approximate surface area is 207 Å². The van der Waals surface area contributed by atoms with E-state index < -0.39 is 0 Å². The molecule has 0 fully saturated rings. The van der Waals surface area contributed by atoms with Crippen LogP contribution >= 0.6 is 11.9 Å². The number of aromatic nitrogens is 1. The smallest absolute Gasteiger partial charge is 0.135 e. The Hall–Kier alpha value is -2.38. The van der Waals surface area contributed by atoms with Crippen molar-refractivity contribution >= 4 is 11.9 Å². The van der Waals surface area contributed by atoms with Gasteiger partial charge in [0.2, 0.25) is 0 Å². The van der Waals surface area contributed by atoms with Crippen molar-refractivity contribution in [1.82, 2.24) is 14.2 Å². The van der Waals surface area contributed by atoms with Gasteiger partial charge in [0.25, 0.3) is 0 Å². The van der Waals surface area contributed by atoms with Crippen LogP contribution < -0.4 is 4.74 Å². The second kappa shape index (κ2) is 11.4. The molecule has 0 spiro atoms. The van der Waals surface area contributed by atoms with Gasteiger partial charge in [0.05, 0.1) is 11.5 Å². The Morgan fingerprint density at radius 2 is 1.82 bits per heavy atom. The lowest BCUT2D eigenvalue weighted by atomic mass is 10.0. The maximum atomic E-state index is 9.87. The molecule has 4 rings (SSSR count). The van der Waals surface area contributed by atoms with Crippen molar-refractivity contribution < 1.29 is 9.84 Å². The maximum Gasteiger partial charge on any atom is 0.135 e. The Morgan fingerprint density at radius 1 is 1.12 bits per heavy atom. The van der Waals surface area contributed by atoms with Crippen LogP contribution in [0.4, 0.5) is 0 Å². The SMILES string of the molecule is Cc1ccc(-c2ccc3c(c2)O[C@H](CN(C)Cc2ccncc2)[C@H](C)CN(C(C)CO)S3)cc1. The zero-order valence-electron chi connectivity index (χ0n) is 20.5. The molecule has 2 heterocycles.